The van der Waals surface area contributed by atoms with Crippen LogP contribution in [0.2, 0.25) is 0 Å². The summed E-state index contributed by atoms with van der Waals surface area (Å²) in [6.45, 7) is 5.59. The molecule has 0 saturated carbocycles. The average Bonchev–Trinajstić information content (AvgIpc) is 2.50. The van der Waals surface area contributed by atoms with Gasteiger partial charge >= 0.3 is 12.1 Å². The van der Waals surface area contributed by atoms with Crippen LogP contribution >= 0.6 is 0 Å². The van der Waals surface area contributed by atoms with Crippen molar-refractivity contribution in [1.82, 2.24) is 5.32 Å². The number of aromatic carboxylic acids is 1. The molecule has 2 rings (SSSR count). The Bertz CT molecular complexity index is 889. The van der Waals surface area contributed by atoms with E-state index in [9.17, 15) is 14.4 Å². The van der Waals surface area contributed by atoms with E-state index in [1.54, 1.807) is 45.1 Å². The number of hydrogen-bond acceptors (Lipinski definition) is 5. The van der Waals surface area contributed by atoms with Crippen LogP contribution in [0.3, 0.4) is 0 Å². The number of carboxylic acids is 1. The van der Waals surface area contributed by atoms with Crippen molar-refractivity contribution in [2.24, 2.45) is 0 Å². The lowest BCUT2D eigenvalue weighted by Gasteiger charge is -2.19. The molecule has 0 saturated heterocycles. The number of hydrogen-bond donors (Lipinski definition) is 2. The highest BCUT2D eigenvalue weighted by molar-refractivity contribution is 5.88. The molecule has 2 aromatic rings. The Morgan fingerprint density at radius 1 is 1.28 bits per heavy atom. The summed E-state index contributed by atoms with van der Waals surface area (Å²) >= 11 is 0. The number of nitrogens with one attached hydrogen (secondary N) is 1. The first-order valence-corrected chi connectivity index (χ1v) is 7.60. The van der Waals surface area contributed by atoms with Crippen molar-refractivity contribution in [3.8, 4) is 0 Å². The first-order chi connectivity index (χ1) is 11.7. The molecule has 0 spiro atoms. The van der Waals surface area contributed by atoms with Crippen LogP contribution in [0.5, 0.6) is 0 Å². The fourth-order valence-electron chi connectivity index (χ4n) is 2.03. The molecular formula is C18H19NO6. The van der Waals surface area contributed by atoms with Gasteiger partial charge in [0.2, 0.25) is 5.76 Å². The van der Waals surface area contributed by atoms with Gasteiger partial charge in [0.25, 0.3) is 0 Å². The summed E-state index contributed by atoms with van der Waals surface area (Å²) in [7, 11) is 0. The van der Waals surface area contributed by atoms with Crippen molar-refractivity contribution in [3.05, 3.63) is 51.9 Å². The number of amides is 1. The van der Waals surface area contributed by atoms with E-state index in [0.29, 0.717) is 5.56 Å². The molecule has 2 N–H and O–H groups in total. The maximum atomic E-state index is 12.0. The minimum atomic E-state index is -1.30. The van der Waals surface area contributed by atoms with Crippen LogP contribution in [-0.2, 0) is 4.74 Å². The summed E-state index contributed by atoms with van der Waals surface area (Å²) in [4.78, 5) is 34.4. The Kier molecular flexibility index (Phi) is 5.26. The fourth-order valence-corrected chi connectivity index (χ4v) is 2.03. The standard InChI is InChI=1S/C18H19NO6/c1-18(2,3)25-17(23)19-8-4-5-11-6-7-14-12(9-11)13(20)10-15(24-14)16(21)22/h4-7,9-10H,8H2,1-3H3,(H,19,23)(H,21,22). The second-order valence-electron chi connectivity index (χ2n) is 6.32. The Labute approximate surface area is 143 Å². The van der Waals surface area contributed by atoms with Gasteiger partial charge in [-0.2, -0.15) is 0 Å². The quantitative estimate of drug-likeness (QED) is 0.882. The summed E-state index contributed by atoms with van der Waals surface area (Å²) in [6.07, 6.45) is 2.91. The molecule has 0 aliphatic carbocycles. The molecular weight excluding hydrogens is 326 g/mol. The molecule has 0 fully saturated rings. The second kappa shape index (κ2) is 7.21. The van der Waals surface area contributed by atoms with Gasteiger partial charge in [-0.05, 0) is 38.5 Å². The van der Waals surface area contributed by atoms with Crippen LogP contribution in [0.4, 0.5) is 4.79 Å². The Morgan fingerprint density at radius 3 is 2.64 bits per heavy atom. The predicted octanol–water partition coefficient (Wildman–Crippen LogP) is 3.03. The van der Waals surface area contributed by atoms with E-state index in [0.717, 1.165) is 6.07 Å². The first-order valence-electron chi connectivity index (χ1n) is 7.60. The van der Waals surface area contributed by atoms with E-state index in [1.807, 2.05) is 0 Å². The molecule has 7 nitrogen and oxygen atoms in total. The lowest BCUT2D eigenvalue weighted by Crippen LogP contribution is -2.32. The Morgan fingerprint density at radius 2 is 2.00 bits per heavy atom. The SMILES string of the molecule is CC(C)(C)OC(=O)NCC=Cc1ccc2oc(C(=O)O)cc(=O)c2c1. The minimum absolute atomic E-state index is 0.203. The monoisotopic (exact) mass is 345 g/mol. The molecule has 1 aromatic carbocycles. The summed E-state index contributed by atoms with van der Waals surface area (Å²) in [5.41, 5.74) is -0.0711. The number of ether oxygens (including phenoxy) is 1. The predicted molar refractivity (Wildman–Crippen MR) is 92.7 cm³/mol. The summed E-state index contributed by atoms with van der Waals surface area (Å²) in [5.74, 6) is -1.70. The van der Waals surface area contributed by atoms with Gasteiger partial charge in [-0.3, -0.25) is 4.79 Å². The topological polar surface area (TPSA) is 106 Å². The molecule has 7 heteroatoms. The third-order valence-electron chi connectivity index (χ3n) is 3.04. The molecule has 1 aromatic heterocycles. The van der Waals surface area contributed by atoms with Crippen molar-refractivity contribution in [3.63, 3.8) is 0 Å². The van der Waals surface area contributed by atoms with Crippen LogP contribution in [0.15, 0.2) is 39.6 Å². The van der Waals surface area contributed by atoms with Crippen LogP contribution in [0.1, 0.15) is 36.9 Å². The smallest absolute Gasteiger partial charge is 0.407 e. The van der Waals surface area contributed by atoms with Gasteiger partial charge in [-0.1, -0.05) is 18.2 Å². The number of fused-ring (bicyclic) bond motifs is 1. The van der Waals surface area contributed by atoms with Crippen LogP contribution in [0, 0.1) is 0 Å². The number of alkyl carbamates (subject to hydrolysis) is 1. The van der Waals surface area contributed by atoms with Gasteiger partial charge in [0, 0.05) is 12.6 Å². The molecule has 1 heterocycles. The normalized spacial score (nSPS) is 11.6. The van der Waals surface area contributed by atoms with Crippen molar-refractivity contribution >= 4 is 29.1 Å². The lowest BCUT2D eigenvalue weighted by molar-refractivity contribution is 0.0533. The zero-order valence-electron chi connectivity index (χ0n) is 14.2. The van der Waals surface area contributed by atoms with Crippen molar-refractivity contribution < 1.29 is 23.8 Å². The molecule has 25 heavy (non-hydrogen) atoms. The van der Waals surface area contributed by atoms with Gasteiger partial charge in [0.15, 0.2) is 5.43 Å². The molecule has 0 unspecified atom stereocenters. The van der Waals surface area contributed by atoms with Crippen LogP contribution < -0.4 is 10.7 Å². The number of benzene rings is 1. The maximum Gasteiger partial charge on any atom is 0.407 e. The lowest BCUT2D eigenvalue weighted by atomic mass is 10.1. The molecule has 132 valence electrons. The molecule has 0 aliphatic rings. The van der Waals surface area contributed by atoms with E-state index in [1.165, 1.54) is 6.07 Å². The van der Waals surface area contributed by atoms with Crippen molar-refractivity contribution in [1.29, 1.82) is 0 Å². The number of carbonyl (C=O) groups is 2. The highest BCUT2D eigenvalue weighted by atomic mass is 16.6. The highest BCUT2D eigenvalue weighted by Gasteiger charge is 2.15. The number of rotatable bonds is 4. The van der Waals surface area contributed by atoms with Crippen molar-refractivity contribution in [2.75, 3.05) is 6.54 Å². The highest BCUT2D eigenvalue weighted by Crippen LogP contribution is 2.15. The van der Waals surface area contributed by atoms with Crippen LogP contribution in [0.25, 0.3) is 17.0 Å². The minimum Gasteiger partial charge on any atom is -0.475 e. The van der Waals surface area contributed by atoms with Crippen molar-refractivity contribution in [2.45, 2.75) is 26.4 Å². The summed E-state index contributed by atoms with van der Waals surface area (Å²) in [6, 6.07) is 5.75. The largest absolute Gasteiger partial charge is 0.475 e. The average molecular weight is 345 g/mol. The summed E-state index contributed by atoms with van der Waals surface area (Å²) < 4.78 is 10.3. The first kappa shape index (κ1) is 18.3. The third-order valence-corrected chi connectivity index (χ3v) is 3.04. The van der Waals surface area contributed by atoms with E-state index < -0.39 is 28.9 Å². The van der Waals surface area contributed by atoms with Gasteiger partial charge in [-0.15, -0.1) is 0 Å². The van der Waals surface area contributed by atoms with E-state index in [-0.39, 0.29) is 17.5 Å². The van der Waals surface area contributed by atoms with Gasteiger partial charge in [0.1, 0.15) is 11.2 Å². The maximum absolute atomic E-state index is 12.0. The third kappa shape index (κ3) is 5.20. The van der Waals surface area contributed by atoms with E-state index in [2.05, 4.69) is 5.32 Å². The molecule has 0 atom stereocenters. The number of carboxylic acid groups (broad SMARTS) is 1. The fraction of sp³-hybridized carbons (Fsp3) is 0.278. The molecule has 0 radical (unpaired) electrons. The van der Waals surface area contributed by atoms with Gasteiger partial charge in [0.05, 0.1) is 5.39 Å². The van der Waals surface area contributed by atoms with E-state index >= 15 is 0 Å². The molecule has 1 amide bonds. The molecule has 0 bridgehead atoms. The molecule has 0 aliphatic heterocycles. The van der Waals surface area contributed by atoms with Gasteiger partial charge < -0.3 is 19.6 Å². The zero-order chi connectivity index (χ0) is 18.6. The number of carbonyl (C=O) groups excluding carboxylic acids is 1. The Balaban J connectivity index is 2.08. The second-order valence-corrected chi connectivity index (χ2v) is 6.32. The van der Waals surface area contributed by atoms with Crippen LogP contribution in [-0.4, -0.2) is 29.3 Å². The Hall–Kier alpha value is -3.09. The van der Waals surface area contributed by atoms with Gasteiger partial charge in [-0.25, -0.2) is 9.59 Å². The zero-order valence-corrected chi connectivity index (χ0v) is 14.2. The van der Waals surface area contributed by atoms with E-state index in [4.69, 9.17) is 14.3 Å². The summed E-state index contributed by atoms with van der Waals surface area (Å²) in [5, 5.41) is 11.8.